The van der Waals surface area contributed by atoms with Gasteiger partial charge in [-0.05, 0) is 129 Å². The largest absolute Gasteiger partial charge is 0.508 e. The maximum Gasteiger partial charge on any atom is 0.336 e. The summed E-state index contributed by atoms with van der Waals surface area (Å²) in [5, 5.41) is 37.7. The second kappa shape index (κ2) is 19.4. The Hall–Kier alpha value is -5.69. The number of aromatic amines is 1. The number of H-pyrrole nitrogens is 1. The van der Waals surface area contributed by atoms with Crippen molar-refractivity contribution in [2.45, 2.75) is 69.6 Å². The van der Waals surface area contributed by atoms with Crippen molar-refractivity contribution in [1.29, 1.82) is 0 Å². The molecule has 0 saturated carbocycles. The van der Waals surface area contributed by atoms with Gasteiger partial charge >= 0.3 is 5.97 Å². The molecule has 2 heterocycles. The van der Waals surface area contributed by atoms with E-state index in [4.69, 9.17) is 9.47 Å². The Balaban J connectivity index is 0.847. The average Bonchev–Trinajstić information content (AvgIpc) is 3.62. The second-order valence-corrected chi connectivity index (χ2v) is 15.8. The molecule has 1 unspecified atom stereocenters. The number of pyridine rings is 1. The van der Waals surface area contributed by atoms with E-state index in [-0.39, 0.29) is 28.9 Å². The van der Waals surface area contributed by atoms with Crippen molar-refractivity contribution in [3.8, 4) is 17.2 Å². The first kappa shape index (κ1) is 41.5. The van der Waals surface area contributed by atoms with Gasteiger partial charge in [0.15, 0.2) is 5.54 Å². The van der Waals surface area contributed by atoms with E-state index in [9.17, 15) is 29.7 Å². The lowest BCUT2D eigenvalue weighted by Gasteiger charge is -2.33. The van der Waals surface area contributed by atoms with Gasteiger partial charge in [-0.1, -0.05) is 61.4 Å². The zero-order valence-electron chi connectivity index (χ0n) is 33.3. The number of rotatable bonds is 18. The summed E-state index contributed by atoms with van der Waals surface area (Å²) in [6, 6.07) is 28.3. The highest BCUT2D eigenvalue weighted by molar-refractivity contribution is 5.99. The van der Waals surface area contributed by atoms with Crippen LogP contribution in [0, 0.1) is 5.92 Å². The molecule has 6 N–H and O–H groups in total. The number of nitrogens with one attached hydrogen (secondary N) is 3. The fourth-order valence-electron chi connectivity index (χ4n) is 8.33. The number of aromatic nitrogens is 1. The lowest BCUT2D eigenvalue weighted by Crippen LogP contribution is -2.51. The number of unbranched alkanes of at least 4 members (excludes halogenated alkanes) is 3. The molecule has 1 aliphatic carbocycles. The van der Waals surface area contributed by atoms with E-state index < -0.39 is 17.6 Å². The number of aromatic hydroxyl groups is 2. The van der Waals surface area contributed by atoms with Gasteiger partial charge in [-0.2, -0.15) is 0 Å². The van der Waals surface area contributed by atoms with E-state index in [1.165, 1.54) is 12.1 Å². The summed E-state index contributed by atoms with van der Waals surface area (Å²) in [5.74, 6) is 0.242. The third kappa shape index (κ3) is 10.3. The summed E-state index contributed by atoms with van der Waals surface area (Å²) in [5.41, 5.74) is 2.63. The van der Waals surface area contributed by atoms with E-state index in [2.05, 4.69) is 20.5 Å². The quantitative estimate of drug-likeness (QED) is 0.0441. The van der Waals surface area contributed by atoms with E-state index in [0.29, 0.717) is 60.4 Å². The van der Waals surface area contributed by atoms with Gasteiger partial charge in [-0.25, -0.2) is 4.79 Å². The lowest BCUT2D eigenvalue weighted by atomic mass is 9.90. The number of aliphatic hydroxyl groups excluding tert-OH is 1. The van der Waals surface area contributed by atoms with Crippen molar-refractivity contribution in [3.05, 3.63) is 135 Å². The summed E-state index contributed by atoms with van der Waals surface area (Å²) in [6.07, 6.45) is 5.73. The number of carbonyl (C=O) groups is 2. The van der Waals surface area contributed by atoms with Gasteiger partial charge in [-0.3, -0.25) is 14.5 Å². The fraction of sp³-hybridized carbons (Fsp3) is 0.383. The average molecular weight is 803 g/mol. The van der Waals surface area contributed by atoms with Crippen LogP contribution in [-0.2, 0) is 28.0 Å². The molecule has 2 atom stereocenters. The van der Waals surface area contributed by atoms with Gasteiger partial charge in [0.05, 0.1) is 24.8 Å². The van der Waals surface area contributed by atoms with Crippen LogP contribution in [0.15, 0.2) is 102 Å². The Labute approximate surface area is 344 Å². The first-order valence-electron chi connectivity index (χ1n) is 20.7. The number of aryl methyl sites for hydroxylation is 1. The number of phenolic OH excluding ortho intramolecular Hbond substituents is 2. The molecule has 2 aliphatic rings. The Morgan fingerprint density at radius 2 is 1.71 bits per heavy atom. The SMILES string of the molecule is O=C(NC1(C(=O)OCC2CCN(Cc3cccc(O)c3)CC2)CCc2ccccc21)c1cccc(OCCCCCCNC[C@H](O)c2ccc(O)c3[nH]c(=O)ccc23)c1. The van der Waals surface area contributed by atoms with Crippen LogP contribution in [0.1, 0.15) is 83.7 Å². The summed E-state index contributed by atoms with van der Waals surface area (Å²) >= 11 is 0. The molecule has 0 bridgehead atoms. The molecule has 1 aliphatic heterocycles. The zero-order valence-corrected chi connectivity index (χ0v) is 33.3. The molecule has 1 fully saturated rings. The predicted octanol–water partition coefficient (Wildman–Crippen LogP) is 6.23. The first-order valence-corrected chi connectivity index (χ1v) is 20.7. The molecule has 1 saturated heterocycles. The van der Waals surface area contributed by atoms with Gasteiger partial charge in [-0.15, -0.1) is 0 Å². The highest BCUT2D eigenvalue weighted by Gasteiger charge is 2.48. The number of hydrogen-bond donors (Lipinski definition) is 6. The van der Waals surface area contributed by atoms with E-state index in [0.717, 1.165) is 81.4 Å². The molecule has 12 nitrogen and oxygen atoms in total. The topological polar surface area (TPSA) is 173 Å². The normalized spacial score (nSPS) is 17.4. The standard InChI is InChI=1S/C47H54N4O8/c52-36-12-7-9-33(27-36)30-51-24-20-32(21-25-51)31-59-46(57)47(22-19-34-10-3-4-14-40(34)47)50-45(56)35-11-8-13-37(28-35)58-26-6-2-1-5-23-48-29-42(54)38-15-17-41(53)44-39(38)16-18-43(55)49-44/h3-4,7-18,27-28,32,42,48,52-54H,1-2,5-6,19-26,29-31H2,(H,49,55)(H,50,56)/t42-,47?/m0/s1. The molecule has 1 amide bonds. The number of hydrogen-bond acceptors (Lipinski definition) is 10. The van der Waals surface area contributed by atoms with E-state index >= 15 is 0 Å². The van der Waals surface area contributed by atoms with Crippen LogP contribution < -0.4 is 20.9 Å². The number of ether oxygens (including phenoxy) is 2. The van der Waals surface area contributed by atoms with Gasteiger partial charge < -0.3 is 40.4 Å². The first-order chi connectivity index (χ1) is 28.7. The third-order valence-corrected chi connectivity index (χ3v) is 11.6. The fourth-order valence-corrected chi connectivity index (χ4v) is 8.33. The summed E-state index contributed by atoms with van der Waals surface area (Å²) in [7, 11) is 0. The molecule has 310 valence electrons. The number of aliphatic hydroxyl groups is 1. The van der Waals surface area contributed by atoms with Crippen LogP contribution >= 0.6 is 0 Å². The summed E-state index contributed by atoms with van der Waals surface area (Å²) < 4.78 is 12.1. The van der Waals surface area contributed by atoms with Gasteiger partial charge in [0.1, 0.15) is 17.2 Å². The molecular formula is C47H54N4O8. The number of carbonyl (C=O) groups excluding carboxylic acids is 2. The Bertz CT molecular complexity index is 2290. The number of fused-ring (bicyclic) bond motifs is 2. The van der Waals surface area contributed by atoms with Crippen molar-refractivity contribution in [2.75, 3.05) is 39.4 Å². The number of likely N-dealkylation sites (tertiary alicyclic amines) is 1. The number of nitrogens with zero attached hydrogens (tertiary/aromatic N) is 1. The molecule has 0 radical (unpaired) electrons. The monoisotopic (exact) mass is 802 g/mol. The number of phenols is 2. The van der Waals surface area contributed by atoms with Crippen LogP contribution in [0.25, 0.3) is 10.9 Å². The maximum absolute atomic E-state index is 14.1. The minimum atomic E-state index is -1.28. The van der Waals surface area contributed by atoms with Gasteiger partial charge in [0, 0.05) is 30.1 Å². The molecule has 59 heavy (non-hydrogen) atoms. The van der Waals surface area contributed by atoms with Crippen molar-refractivity contribution >= 4 is 22.8 Å². The summed E-state index contributed by atoms with van der Waals surface area (Å²) in [4.78, 5) is 44.6. The number of amides is 1. The minimum absolute atomic E-state index is 0.0375. The molecule has 7 rings (SSSR count). The number of esters is 1. The minimum Gasteiger partial charge on any atom is -0.508 e. The highest BCUT2D eigenvalue weighted by Crippen LogP contribution is 2.39. The van der Waals surface area contributed by atoms with Crippen LogP contribution in [-0.4, -0.2) is 76.5 Å². The summed E-state index contributed by atoms with van der Waals surface area (Å²) in [6.45, 7) is 4.36. The van der Waals surface area contributed by atoms with Crippen LogP contribution in [0.5, 0.6) is 17.2 Å². The predicted molar refractivity (Wildman–Crippen MR) is 225 cm³/mol. The maximum atomic E-state index is 14.1. The molecule has 0 spiro atoms. The molecule has 5 aromatic rings. The lowest BCUT2D eigenvalue weighted by molar-refractivity contribution is -0.153. The van der Waals surface area contributed by atoms with Crippen LogP contribution in [0.2, 0.25) is 0 Å². The molecule has 4 aromatic carbocycles. The van der Waals surface area contributed by atoms with E-state index in [1.54, 1.807) is 42.5 Å². The van der Waals surface area contributed by atoms with Crippen molar-refractivity contribution in [1.82, 2.24) is 20.5 Å². The Kier molecular flexibility index (Phi) is 13.6. The molecule has 12 heteroatoms. The van der Waals surface area contributed by atoms with Crippen molar-refractivity contribution < 1.29 is 34.4 Å². The van der Waals surface area contributed by atoms with E-state index in [1.807, 2.05) is 42.5 Å². The van der Waals surface area contributed by atoms with Gasteiger partial charge in [0.2, 0.25) is 5.56 Å². The van der Waals surface area contributed by atoms with Crippen molar-refractivity contribution in [2.24, 2.45) is 5.92 Å². The number of benzene rings is 4. The third-order valence-electron chi connectivity index (χ3n) is 11.6. The molecule has 1 aromatic heterocycles. The van der Waals surface area contributed by atoms with Crippen LogP contribution in [0.3, 0.4) is 0 Å². The highest BCUT2D eigenvalue weighted by atomic mass is 16.5. The zero-order chi connectivity index (χ0) is 41.2. The Morgan fingerprint density at radius 3 is 2.56 bits per heavy atom. The second-order valence-electron chi connectivity index (χ2n) is 15.8. The number of piperidine rings is 1. The van der Waals surface area contributed by atoms with Crippen LogP contribution in [0.4, 0.5) is 0 Å². The Morgan fingerprint density at radius 1 is 0.898 bits per heavy atom. The van der Waals surface area contributed by atoms with Gasteiger partial charge in [0.25, 0.3) is 5.91 Å². The smallest absolute Gasteiger partial charge is 0.336 e. The van der Waals surface area contributed by atoms with Crippen molar-refractivity contribution in [3.63, 3.8) is 0 Å². The molecular weight excluding hydrogens is 749 g/mol.